The van der Waals surface area contributed by atoms with E-state index in [-0.39, 0.29) is 11.7 Å². The lowest BCUT2D eigenvalue weighted by Gasteiger charge is -2.18. The van der Waals surface area contributed by atoms with Crippen molar-refractivity contribution in [2.24, 2.45) is 0 Å². The van der Waals surface area contributed by atoms with E-state index < -0.39 is 6.10 Å². The minimum atomic E-state index is -0.545. The van der Waals surface area contributed by atoms with Crippen LogP contribution in [0.5, 0.6) is 5.75 Å². The molecule has 0 aliphatic rings. The van der Waals surface area contributed by atoms with Crippen molar-refractivity contribution in [1.82, 2.24) is 5.32 Å². The summed E-state index contributed by atoms with van der Waals surface area (Å²) in [6.07, 6.45) is 0.0269. The van der Waals surface area contributed by atoms with E-state index in [4.69, 9.17) is 4.74 Å². The Kier molecular flexibility index (Phi) is 5.74. The average Bonchev–Trinajstić information content (AvgIpc) is 2.51. The molecule has 2 aromatic rings. The number of nitrogens with one attached hydrogen (secondary N) is 1. The maximum Gasteiger partial charge on any atom is 0.261 e. The summed E-state index contributed by atoms with van der Waals surface area (Å²) in [4.78, 5) is 12.3. The largest absolute Gasteiger partial charge is 0.481 e. The number of rotatable bonds is 6. The zero-order valence-corrected chi connectivity index (χ0v) is 13.7. The molecule has 0 radical (unpaired) electrons. The molecule has 0 heterocycles. The van der Waals surface area contributed by atoms with Crippen molar-refractivity contribution >= 4 is 5.91 Å². The molecular weight excluding hydrogens is 293 g/mol. The van der Waals surface area contributed by atoms with E-state index in [9.17, 15) is 9.18 Å². The lowest BCUT2D eigenvalue weighted by Crippen LogP contribution is -2.37. The zero-order valence-electron chi connectivity index (χ0n) is 13.7. The molecule has 3 nitrogen and oxygen atoms in total. The lowest BCUT2D eigenvalue weighted by molar-refractivity contribution is -0.128. The van der Waals surface area contributed by atoms with Gasteiger partial charge in [-0.2, -0.15) is 0 Å². The maximum absolute atomic E-state index is 12.9. The smallest absolute Gasteiger partial charge is 0.261 e. The molecule has 1 amide bonds. The van der Waals surface area contributed by atoms with Gasteiger partial charge in [-0.15, -0.1) is 0 Å². The average molecular weight is 315 g/mol. The molecule has 0 saturated carbocycles. The topological polar surface area (TPSA) is 38.3 Å². The Morgan fingerprint density at radius 2 is 1.74 bits per heavy atom. The first kappa shape index (κ1) is 17.0. The monoisotopic (exact) mass is 315 g/mol. The van der Waals surface area contributed by atoms with Crippen LogP contribution in [0.15, 0.2) is 42.5 Å². The first-order chi connectivity index (χ1) is 11.0. The fourth-order valence-electron chi connectivity index (χ4n) is 2.39. The molecule has 0 unspecified atom stereocenters. The number of halogens is 1. The van der Waals surface area contributed by atoms with Crippen LogP contribution in [-0.2, 0) is 11.3 Å². The summed E-state index contributed by atoms with van der Waals surface area (Å²) in [6, 6.07) is 12.0. The summed E-state index contributed by atoms with van der Waals surface area (Å²) in [6.45, 7) is 6.25. The molecule has 0 aliphatic carbocycles. The van der Waals surface area contributed by atoms with Crippen LogP contribution in [0.3, 0.4) is 0 Å². The summed E-state index contributed by atoms with van der Waals surface area (Å²) < 4.78 is 18.7. The van der Waals surface area contributed by atoms with Gasteiger partial charge in [0.15, 0.2) is 6.10 Å². The van der Waals surface area contributed by atoms with Crippen LogP contribution >= 0.6 is 0 Å². The predicted molar refractivity (Wildman–Crippen MR) is 88.9 cm³/mol. The van der Waals surface area contributed by atoms with Crippen molar-refractivity contribution in [1.29, 1.82) is 0 Å². The summed E-state index contributed by atoms with van der Waals surface area (Å²) in [5.41, 5.74) is 3.05. The van der Waals surface area contributed by atoms with Gasteiger partial charge in [-0.25, -0.2) is 4.39 Å². The fraction of sp³-hybridized carbons (Fsp3) is 0.316. The van der Waals surface area contributed by atoms with Crippen LogP contribution in [0.4, 0.5) is 4.39 Å². The second-order valence-corrected chi connectivity index (χ2v) is 5.68. The molecule has 122 valence electrons. The van der Waals surface area contributed by atoms with Crippen molar-refractivity contribution in [2.45, 2.75) is 39.8 Å². The third-order valence-corrected chi connectivity index (χ3v) is 3.52. The third-order valence-electron chi connectivity index (χ3n) is 3.52. The van der Waals surface area contributed by atoms with Crippen molar-refractivity contribution in [3.8, 4) is 5.75 Å². The number of ether oxygens (including phenoxy) is 1. The van der Waals surface area contributed by atoms with E-state index >= 15 is 0 Å². The normalized spacial score (nSPS) is 11.8. The van der Waals surface area contributed by atoms with Gasteiger partial charge in [0.1, 0.15) is 11.6 Å². The number of carbonyl (C=O) groups is 1. The van der Waals surface area contributed by atoms with E-state index in [1.54, 1.807) is 12.1 Å². The molecule has 2 rings (SSSR count). The van der Waals surface area contributed by atoms with E-state index in [1.165, 1.54) is 12.1 Å². The van der Waals surface area contributed by atoms with Crippen molar-refractivity contribution in [3.63, 3.8) is 0 Å². The zero-order chi connectivity index (χ0) is 16.8. The fourth-order valence-corrected chi connectivity index (χ4v) is 2.39. The van der Waals surface area contributed by atoms with E-state index in [1.807, 2.05) is 32.9 Å². The molecule has 1 atom stereocenters. The van der Waals surface area contributed by atoms with Gasteiger partial charge in [0.05, 0.1) is 0 Å². The molecule has 0 saturated heterocycles. The van der Waals surface area contributed by atoms with Gasteiger partial charge in [0.2, 0.25) is 0 Å². The van der Waals surface area contributed by atoms with Crippen LogP contribution < -0.4 is 10.1 Å². The molecule has 4 heteroatoms. The highest BCUT2D eigenvalue weighted by atomic mass is 19.1. The first-order valence-electron chi connectivity index (χ1n) is 7.75. The Bertz CT molecular complexity index is 647. The third kappa shape index (κ3) is 5.09. The van der Waals surface area contributed by atoms with Crippen LogP contribution in [0.2, 0.25) is 0 Å². The minimum Gasteiger partial charge on any atom is -0.481 e. The number of carbonyl (C=O) groups excluding carboxylic acids is 1. The molecule has 0 bridgehead atoms. The summed E-state index contributed by atoms with van der Waals surface area (Å²) in [7, 11) is 0. The Morgan fingerprint density at radius 1 is 1.13 bits per heavy atom. The number of hydrogen-bond acceptors (Lipinski definition) is 2. The molecule has 23 heavy (non-hydrogen) atoms. The van der Waals surface area contributed by atoms with Gasteiger partial charge in [-0.1, -0.05) is 25.1 Å². The van der Waals surface area contributed by atoms with Crippen molar-refractivity contribution in [3.05, 3.63) is 65.0 Å². The molecule has 0 aliphatic heterocycles. The summed E-state index contributed by atoms with van der Waals surface area (Å²) in [5, 5.41) is 2.83. The molecule has 2 aromatic carbocycles. The second-order valence-electron chi connectivity index (χ2n) is 5.68. The SMILES string of the molecule is CC[C@@H](Oc1cc(C)cc(C)c1)C(=O)NCc1ccc(F)cc1. The van der Waals surface area contributed by atoms with Gasteiger partial charge in [0, 0.05) is 6.54 Å². The highest BCUT2D eigenvalue weighted by molar-refractivity contribution is 5.81. The molecular formula is C19H22FNO2. The van der Waals surface area contributed by atoms with Crippen LogP contribution in [0.25, 0.3) is 0 Å². The number of aryl methyl sites for hydroxylation is 2. The molecule has 0 aromatic heterocycles. The minimum absolute atomic E-state index is 0.170. The van der Waals surface area contributed by atoms with Crippen LogP contribution in [0.1, 0.15) is 30.0 Å². The highest BCUT2D eigenvalue weighted by Crippen LogP contribution is 2.18. The Hall–Kier alpha value is -2.36. The number of hydrogen-bond donors (Lipinski definition) is 1. The summed E-state index contributed by atoms with van der Waals surface area (Å²) in [5.74, 6) is 0.243. The molecule has 0 spiro atoms. The van der Waals surface area contributed by atoms with E-state index in [0.717, 1.165) is 16.7 Å². The van der Waals surface area contributed by atoms with Gasteiger partial charge < -0.3 is 10.1 Å². The van der Waals surface area contributed by atoms with Crippen LogP contribution in [0, 0.1) is 19.7 Å². The Balaban J connectivity index is 1.96. The predicted octanol–water partition coefficient (Wildman–Crippen LogP) is 3.92. The van der Waals surface area contributed by atoms with Gasteiger partial charge in [-0.3, -0.25) is 4.79 Å². The molecule has 1 N–H and O–H groups in total. The van der Waals surface area contributed by atoms with E-state index in [0.29, 0.717) is 18.7 Å². The second kappa shape index (κ2) is 7.77. The standard InChI is InChI=1S/C19H22FNO2/c1-4-18(23-17-10-13(2)9-14(3)11-17)19(22)21-12-15-5-7-16(20)8-6-15/h5-11,18H,4,12H2,1-3H3,(H,21,22)/t18-/m1/s1. The summed E-state index contributed by atoms with van der Waals surface area (Å²) >= 11 is 0. The highest BCUT2D eigenvalue weighted by Gasteiger charge is 2.18. The lowest BCUT2D eigenvalue weighted by atomic mass is 10.1. The van der Waals surface area contributed by atoms with Crippen LogP contribution in [-0.4, -0.2) is 12.0 Å². The Labute approximate surface area is 136 Å². The van der Waals surface area contributed by atoms with Crippen molar-refractivity contribution in [2.75, 3.05) is 0 Å². The van der Waals surface area contributed by atoms with Gasteiger partial charge in [-0.05, 0) is 61.2 Å². The van der Waals surface area contributed by atoms with E-state index in [2.05, 4.69) is 11.4 Å². The number of benzene rings is 2. The Morgan fingerprint density at radius 3 is 2.30 bits per heavy atom. The molecule has 0 fully saturated rings. The van der Waals surface area contributed by atoms with Gasteiger partial charge in [0.25, 0.3) is 5.91 Å². The first-order valence-corrected chi connectivity index (χ1v) is 7.75. The van der Waals surface area contributed by atoms with Gasteiger partial charge >= 0.3 is 0 Å². The number of amides is 1. The van der Waals surface area contributed by atoms with Crippen molar-refractivity contribution < 1.29 is 13.9 Å². The maximum atomic E-state index is 12.9. The quantitative estimate of drug-likeness (QED) is 0.877.